The Balaban J connectivity index is 2.28. The molecule has 4 nitrogen and oxygen atoms in total. The van der Waals surface area contributed by atoms with Gasteiger partial charge in [-0.15, -0.1) is 0 Å². The first-order valence-electron chi connectivity index (χ1n) is 5.91. The van der Waals surface area contributed by atoms with Crippen molar-refractivity contribution in [2.24, 2.45) is 11.8 Å². The fourth-order valence-corrected chi connectivity index (χ4v) is 3.50. The van der Waals surface area contributed by atoms with Gasteiger partial charge >= 0.3 is 0 Å². The van der Waals surface area contributed by atoms with Gasteiger partial charge in [0.2, 0.25) is 0 Å². The second-order valence-electron chi connectivity index (χ2n) is 5.12. The van der Waals surface area contributed by atoms with Crippen LogP contribution >= 0.6 is 0 Å². The quantitative estimate of drug-likeness (QED) is 0.765. The van der Waals surface area contributed by atoms with Crippen LogP contribution in [0.15, 0.2) is 0 Å². The first-order chi connectivity index (χ1) is 7.40. The Bertz CT molecular complexity index is 294. The fourth-order valence-electron chi connectivity index (χ4n) is 2.36. The topological polar surface area (TPSA) is 57.6 Å². The number of aliphatic hydroxyl groups excluding tert-OH is 1. The van der Waals surface area contributed by atoms with E-state index in [1.54, 1.807) is 0 Å². The van der Waals surface area contributed by atoms with Gasteiger partial charge in [0.25, 0.3) is 0 Å². The van der Waals surface area contributed by atoms with Gasteiger partial charge in [0.05, 0.1) is 5.75 Å². The summed E-state index contributed by atoms with van der Waals surface area (Å²) in [5.74, 6) is 0.912. The Morgan fingerprint density at radius 1 is 1.38 bits per heavy atom. The number of hydrogen-bond acceptors (Lipinski definition) is 4. The Morgan fingerprint density at radius 2 is 1.94 bits per heavy atom. The van der Waals surface area contributed by atoms with Crippen molar-refractivity contribution in [3.63, 3.8) is 0 Å². The number of likely N-dealkylation sites (tertiary alicyclic amines) is 1. The van der Waals surface area contributed by atoms with E-state index in [2.05, 4.69) is 4.90 Å². The van der Waals surface area contributed by atoms with Gasteiger partial charge in [-0.05, 0) is 37.8 Å². The van der Waals surface area contributed by atoms with Crippen LogP contribution in [-0.4, -0.2) is 56.7 Å². The lowest BCUT2D eigenvalue weighted by atomic mass is 9.97. The number of aliphatic hydroxyl groups is 1. The Hall–Kier alpha value is -0.130. The molecular weight excluding hydrogens is 226 g/mol. The molecule has 0 aromatic carbocycles. The Labute approximate surface area is 98.6 Å². The van der Waals surface area contributed by atoms with Crippen LogP contribution < -0.4 is 0 Å². The van der Waals surface area contributed by atoms with Crippen molar-refractivity contribution in [2.45, 2.75) is 19.8 Å². The molecule has 5 heteroatoms. The van der Waals surface area contributed by atoms with Gasteiger partial charge in [0.1, 0.15) is 9.84 Å². The molecule has 1 N–H and O–H groups in total. The molecular formula is C11H23NO3S. The molecule has 1 aliphatic heterocycles. The molecule has 0 aromatic rings. The minimum absolute atomic E-state index is 0.195. The summed E-state index contributed by atoms with van der Waals surface area (Å²) in [4.78, 5) is 2.31. The summed E-state index contributed by atoms with van der Waals surface area (Å²) in [5, 5.41) is 9.01. The summed E-state index contributed by atoms with van der Waals surface area (Å²) in [6, 6.07) is 0. The third-order valence-electron chi connectivity index (χ3n) is 3.12. The molecule has 0 aliphatic carbocycles. The summed E-state index contributed by atoms with van der Waals surface area (Å²) >= 11 is 0. The van der Waals surface area contributed by atoms with Crippen molar-refractivity contribution < 1.29 is 13.5 Å². The van der Waals surface area contributed by atoms with Crippen LogP contribution in [0.4, 0.5) is 0 Å². The molecule has 0 spiro atoms. The lowest BCUT2D eigenvalue weighted by molar-refractivity contribution is 0.123. The molecule has 16 heavy (non-hydrogen) atoms. The molecule has 0 saturated carbocycles. The van der Waals surface area contributed by atoms with Gasteiger partial charge in [0, 0.05) is 19.4 Å². The minimum atomic E-state index is -2.86. The van der Waals surface area contributed by atoms with Gasteiger partial charge in [-0.2, -0.15) is 0 Å². The molecule has 1 saturated heterocycles. The smallest absolute Gasteiger partial charge is 0.147 e. The number of sulfone groups is 1. The Kier molecular flexibility index (Phi) is 5.21. The molecule has 0 bridgehead atoms. The van der Waals surface area contributed by atoms with Crippen LogP contribution in [0.25, 0.3) is 0 Å². The number of piperidine rings is 1. The molecule has 0 aromatic heterocycles. The van der Waals surface area contributed by atoms with E-state index in [1.165, 1.54) is 6.26 Å². The first kappa shape index (κ1) is 13.9. The van der Waals surface area contributed by atoms with Gasteiger partial charge < -0.3 is 10.0 Å². The van der Waals surface area contributed by atoms with E-state index in [-0.39, 0.29) is 18.3 Å². The monoisotopic (exact) mass is 249 g/mol. The van der Waals surface area contributed by atoms with E-state index >= 15 is 0 Å². The molecule has 1 unspecified atom stereocenters. The van der Waals surface area contributed by atoms with Crippen LogP contribution in [0.2, 0.25) is 0 Å². The lowest BCUT2D eigenvalue weighted by Crippen LogP contribution is -2.38. The number of nitrogens with zero attached hydrogens (tertiary/aromatic N) is 1. The van der Waals surface area contributed by atoms with Crippen molar-refractivity contribution in [3.05, 3.63) is 0 Å². The van der Waals surface area contributed by atoms with Gasteiger partial charge in [-0.25, -0.2) is 8.42 Å². The summed E-state index contributed by atoms with van der Waals surface area (Å²) in [6.07, 6.45) is 3.35. The zero-order chi connectivity index (χ0) is 12.2. The molecule has 96 valence electrons. The molecule has 1 fully saturated rings. The van der Waals surface area contributed by atoms with E-state index in [0.29, 0.717) is 5.92 Å². The van der Waals surface area contributed by atoms with Gasteiger partial charge in [-0.3, -0.25) is 0 Å². The lowest BCUT2D eigenvalue weighted by Gasteiger charge is -2.32. The molecule has 1 heterocycles. The maximum Gasteiger partial charge on any atom is 0.147 e. The van der Waals surface area contributed by atoms with E-state index < -0.39 is 9.84 Å². The SMILES string of the molecule is CC(CN1CCC(CO)CC1)CS(C)(=O)=O. The third-order valence-corrected chi connectivity index (χ3v) is 4.30. The maximum atomic E-state index is 11.1. The van der Waals surface area contributed by atoms with E-state index in [1.807, 2.05) is 6.92 Å². The highest BCUT2D eigenvalue weighted by Gasteiger charge is 2.20. The molecule has 0 amide bonds. The Morgan fingerprint density at radius 3 is 2.38 bits per heavy atom. The molecule has 0 radical (unpaired) electrons. The van der Waals surface area contributed by atoms with E-state index in [4.69, 9.17) is 5.11 Å². The average molecular weight is 249 g/mol. The van der Waals surface area contributed by atoms with Crippen LogP contribution in [0, 0.1) is 11.8 Å². The van der Waals surface area contributed by atoms with Crippen molar-refractivity contribution in [1.29, 1.82) is 0 Å². The van der Waals surface area contributed by atoms with Crippen molar-refractivity contribution >= 4 is 9.84 Å². The van der Waals surface area contributed by atoms with Crippen LogP contribution in [-0.2, 0) is 9.84 Å². The predicted molar refractivity (Wildman–Crippen MR) is 65.1 cm³/mol. The molecule has 1 aliphatic rings. The van der Waals surface area contributed by atoms with Crippen LogP contribution in [0.5, 0.6) is 0 Å². The summed E-state index contributed by atoms with van der Waals surface area (Å²) < 4.78 is 22.3. The normalized spacial score (nSPS) is 22.2. The van der Waals surface area contributed by atoms with Crippen molar-refractivity contribution in [3.8, 4) is 0 Å². The largest absolute Gasteiger partial charge is 0.396 e. The zero-order valence-corrected chi connectivity index (χ0v) is 11.0. The van der Waals surface area contributed by atoms with Crippen molar-refractivity contribution in [1.82, 2.24) is 4.90 Å². The highest BCUT2D eigenvalue weighted by Crippen LogP contribution is 2.17. The molecule has 1 atom stereocenters. The van der Waals surface area contributed by atoms with Crippen LogP contribution in [0.1, 0.15) is 19.8 Å². The average Bonchev–Trinajstić information content (AvgIpc) is 2.16. The molecule has 1 rings (SSSR count). The predicted octanol–water partition coefficient (Wildman–Crippen LogP) is 0.371. The second-order valence-corrected chi connectivity index (χ2v) is 7.31. The van der Waals surface area contributed by atoms with Gasteiger partial charge in [0.15, 0.2) is 0 Å². The van der Waals surface area contributed by atoms with Gasteiger partial charge in [-0.1, -0.05) is 6.92 Å². The standard InChI is InChI=1S/C11H23NO3S/c1-10(9-16(2,14)15)7-12-5-3-11(8-13)4-6-12/h10-11,13H,3-9H2,1-2H3. The fraction of sp³-hybridized carbons (Fsp3) is 1.00. The van der Waals surface area contributed by atoms with Crippen LogP contribution in [0.3, 0.4) is 0 Å². The summed E-state index contributed by atoms with van der Waals surface area (Å²) in [6.45, 7) is 5.09. The highest BCUT2D eigenvalue weighted by atomic mass is 32.2. The number of hydrogen-bond donors (Lipinski definition) is 1. The first-order valence-corrected chi connectivity index (χ1v) is 7.97. The van der Waals surface area contributed by atoms with E-state index in [9.17, 15) is 8.42 Å². The minimum Gasteiger partial charge on any atom is -0.396 e. The van der Waals surface area contributed by atoms with E-state index in [0.717, 1.165) is 32.5 Å². The second kappa shape index (κ2) is 5.98. The number of rotatable bonds is 5. The van der Waals surface area contributed by atoms with Crippen molar-refractivity contribution in [2.75, 3.05) is 38.2 Å². The maximum absolute atomic E-state index is 11.1. The summed E-state index contributed by atoms with van der Waals surface area (Å²) in [5.41, 5.74) is 0. The summed E-state index contributed by atoms with van der Waals surface area (Å²) in [7, 11) is -2.86. The highest BCUT2D eigenvalue weighted by molar-refractivity contribution is 7.90. The third kappa shape index (κ3) is 5.27. The zero-order valence-electron chi connectivity index (χ0n) is 10.2.